The van der Waals surface area contributed by atoms with Gasteiger partial charge < -0.3 is 24.9 Å². The highest BCUT2D eigenvalue weighted by molar-refractivity contribution is 7.63. The summed E-state index contributed by atoms with van der Waals surface area (Å²) < 4.78 is 25.7. The van der Waals surface area contributed by atoms with E-state index in [0.29, 0.717) is 13.0 Å². The number of phosphoric acid groups is 1. The van der Waals surface area contributed by atoms with Gasteiger partial charge in [-0.05, 0) is 6.42 Å². The van der Waals surface area contributed by atoms with Crippen LogP contribution in [0.15, 0.2) is 0 Å². The monoisotopic (exact) mass is 318 g/mol. The van der Waals surface area contributed by atoms with Gasteiger partial charge in [-0.1, -0.05) is 13.3 Å². The normalized spacial score (nSPS) is 14.8. The average Bonchev–Trinajstić information content (AvgIpc) is 2.25. The van der Waals surface area contributed by atoms with E-state index in [1.165, 1.54) is 11.9 Å². The van der Waals surface area contributed by atoms with Crippen LogP contribution >= 0.6 is 15.4 Å². The Morgan fingerprint density at radius 1 is 1.26 bits per heavy atom. The van der Waals surface area contributed by atoms with Gasteiger partial charge in [-0.15, -0.1) is 0 Å². The lowest BCUT2D eigenvalue weighted by Crippen LogP contribution is -2.40. The first-order valence-electron chi connectivity index (χ1n) is 5.66. The Morgan fingerprint density at radius 3 is 2.26 bits per heavy atom. The van der Waals surface area contributed by atoms with Crippen LogP contribution in [0.1, 0.15) is 19.8 Å². The molecule has 0 rings (SSSR count). The molecule has 0 aliphatic carbocycles. The van der Waals surface area contributed by atoms with Crippen LogP contribution in [0.25, 0.3) is 0 Å². The molecule has 0 saturated heterocycles. The second kappa shape index (κ2) is 7.99. The lowest BCUT2D eigenvalue weighted by atomic mass is 10.3. The molecule has 0 aromatic rings. The molecule has 19 heavy (non-hydrogen) atoms. The molecular weight excluding hydrogens is 298 g/mol. The molecule has 0 bridgehead atoms. The van der Waals surface area contributed by atoms with Gasteiger partial charge in [0, 0.05) is 20.1 Å². The fourth-order valence-electron chi connectivity index (χ4n) is 1.28. The van der Waals surface area contributed by atoms with Gasteiger partial charge in [0.25, 0.3) is 0 Å². The van der Waals surface area contributed by atoms with Crippen molar-refractivity contribution in [1.29, 1.82) is 0 Å². The van der Waals surface area contributed by atoms with E-state index in [4.69, 9.17) is 9.79 Å². The van der Waals surface area contributed by atoms with Gasteiger partial charge >= 0.3 is 21.4 Å². The predicted molar refractivity (Wildman–Crippen MR) is 68.8 cm³/mol. The zero-order valence-corrected chi connectivity index (χ0v) is 12.6. The van der Waals surface area contributed by atoms with Crippen LogP contribution in [-0.4, -0.2) is 51.9 Å². The molecule has 4 N–H and O–H groups in total. The molecule has 9 nitrogen and oxygen atoms in total. The molecule has 0 heterocycles. The molecule has 1 atom stereocenters. The van der Waals surface area contributed by atoms with Gasteiger partial charge in [-0.2, -0.15) is 0 Å². The number of amides is 2. The third-order valence-electron chi connectivity index (χ3n) is 2.17. The van der Waals surface area contributed by atoms with Crippen LogP contribution in [0.3, 0.4) is 0 Å². The van der Waals surface area contributed by atoms with Crippen molar-refractivity contribution >= 4 is 21.4 Å². The van der Waals surface area contributed by atoms with Gasteiger partial charge in [0.05, 0.1) is 6.16 Å². The molecule has 0 aromatic heterocycles. The number of hydrogen-bond donors (Lipinski definition) is 4. The summed E-state index contributed by atoms with van der Waals surface area (Å²) in [6.45, 7) is 2.18. The average molecular weight is 318 g/mol. The molecule has 0 aromatic carbocycles. The molecule has 0 radical (unpaired) electrons. The number of unbranched alkanes of at least 4 members (excludes halogenated alkanes) is 1. The lowest BCUT2D eigenvalue weighted by Gasteiger charge is -2.23. The maximum absolute atomic E-state index is 11.5. The molecule has 0 aliphatic rings. The standard InChI is InChI=1S/C8H20N2O7P2/c1-3-4-5-10(8(11)9-2)6-7-18(12,13)17-19(14,15)16/h3-7H2,1-2H3,(H,9,11)(H,12,13)(H2,14,15,16). The first-order valence-corrected chi connectivity index (χ1v) is 8.96. The minimum Gasteiger partial charge on any atom is -0.341 e. The summed E-state index contributed by atoms with van der Waals surface area (Å²) in [6.07, 6.45) is 1.00. The highest BCUT2D eigenvalue weighted by Gasteiger charge is 2.31. The Hall–Kier alpha value is -0.430. The maximum Gasteiger partial charge on any atom is 0.476 e. The SMILES string of the molecule is CCCCN(CCP(=O)(O)OP(=O)(O)O)C(=O)NC. The van der Waals surface area contributed by atoms with Crippen LogP contribution in [-0.2, 0) is 13.4 Å². The summed E-state index contributed by atoms with van der Waals surface area (Å²) in [5, 5.41) is 2.38. The summed E-state index contributed by atoms with van der Waals surface area (Å²) in [7, 11) is -8.04. The lowest BCUT2D eigenvalue weighted by molar-refractivity contribution is 0.201. The molecule has 0 spiro atoms. The predicted octanol–water partition coefficient (Wildman–Crippen LogP) is 0.723. The van der Waals surface area contributed by atoms with Crippen molar-refractivity contribution in [3.63, 3.8) is 0 Å². The van der Waals surface area contributed by atoms with Crippen molar-refractivity contribution in [2.24, 2.45) is 0 Å². The van der Waals surface area contributed by atoms with Gasteiger partial charge in [-0.3, -0.25) is 4.57 Å². The van der Waals surface area contributed by atoms with Crippen molar-refractivity contribution in [1.82, 2.24) is 10.2 Å². The minimum atomic E-state index is -5.03. The number of carbonyl (C=O) groups is 1. The fourth-order valence-corrected chi connectivity index (χ4v) is 3.43. The molecule has 114 valence electrons. The van der Waals surface area contributed by atoms with Crippen molar-refractivity contribution in [2.75, 3.05) is 26.3 Å². The third-order valence-corrected chi connectivity index (χ3v) is 4.81. The van der Waals surface area contributed by atoms with E-state index in [-0.39, 0.29) is 6.54 Å². The molecule has 0 fully saturated rings. The number of nitrogens with zero attached hydrogens (tertiary/aromatic N) is 1. The summed E-state index contributed by atoms with van der Waals surface area (Å²) in [5.74, 6) is 0. The van der Waals surface area contributed by atoms with E-state index in [1.807, 2.05) is 6.92 Å². The molecule has 11 heteroatoms. The van der Waals surface area contributed by atoms with Crippen molar-refractivity contribution < 1.29 is 32.9 Å². The van der Waals surface area contributed by atoms with E-state index >= 15 is 0 Å². The number of urea groups is 1. The molecule has 0 saturated carbocycles. The molecule has 2 amide bonds. The quantitative estimate of drug-likeness (QED) is 0.484. The summed E-state index contributed by atoms with van der Waals surface area (Å²) in [5.41, 5.74) is 0. The maximum atomic E-state index is 11.5. The van der Waals surface area contributed by atoms with Crippen molar-refractivity contribution in [3.8, 4) is 0 Å². The highest BCUT2D eigenvalue weighted by atomic mass is 31.3. The summed E-state index contributed by atoms with van der Waals surface area (Å²) in [6, 6.07) is -0.426. The Bertz CT molecular complexity index is 383. The van der Waals surface area contributed by atoms with Crippen LogP contribution in [0.4, 0.5) is 4.79 Å². The number of nitrogens with one attached hydrogen (secondary N) is 1. The molecule has 1 unspecified atom stereocenters. The van der Waals surface area contributed by atoms with Crippen LogP contribution in [0.5, 0.6) is 0 Å². The Labute approximate surface area is 111 Å². The number of carbonyl (C=O) groups excluding carboxylic acids is 1. The topological polar surface area (TPSA) is 136 Å². The molecule has 0 aliphatic heterocycles. The van der Waals surface area contributed by atoms with Gasteiger partial charge in [0.1, 0.15) is 0 Å². The smallest absolute Gasteiger partial charge is 0.341 e. The third kappa shape index (κ3) is 9.15. The van der Waals surface area contributed by atoms with Gasteiger partial charge in [0.2, 0.25) is 0 Å². The van der Waals surface area contributed by atoms with Gasteiger partial charge in [-0.25, -0.2) is 13.7 Å². The first kappa shape index (κ1) is 18.6. The van der Waals surface area contributed by atoms with Crippen LogP contribution in [0, 0.1) is 0 Å². The Kier molecular flexibility index (Phi) is 7.81. The van der Waals surface area contributed by atoms with Crippen LogP contribution in [0.2, 0.25) is 0 Å². The summed E-state index contributed by atoms with van der Waals surface area (Å²) >= 11 is 0. The van der Waals surface area contributed by atoms with E-state index < -0.39 is 27.6 Å². The Morgan fingerprint density at radius 2 is 1.84 bits per heavy atom. The number of rotatable bonds is 8. The summed E-state index contributed by atoms with van der Waals surface area (Å²) in [4.78, 5) is 39.0. The van der Waals surface area contributed by atoms with Crippen molar-refractivity contribution in [3.05, 3.63) is 0 Å². The van der Waals surface area contributed by atoms with Crippen LogP contribution < -0.4 is 5.32 Å². The molecular formula is C8H20N2O7P2. The van der Waals surface area contributed by atoms with E-state index in [2.05, 4.69) is 9.63 Å². The largest absolute Gasteiger partial charge is 0.476 e. The van der Waals surface area contributed by atoms with E-state index in [1.54, 1.807) is 0 Å². The zero-order chi connectivity index (χ0) is 15.1. The zero-order valence-electron chi connectivity index (χ0n) is 10.9. The fraction of sp³-hybridized carbons (Fsp3) is 0.875. The second-order valence-electron chi connectivity index (χ2n) is 3.83. The number of hydrogen-bond acceptors (Lipinski definition) is 4. The van der Waals surface area contributed by atoms with E-state index in [9.17, 15) is 18.8 Å². The second-order valence-corrected chi connectivity index (χ2v) is 7.19. The van der Waals surface area contributed by atoms with E-state index in [0.717, 1.165) is 6.42 Å². The van der Waals surface area contributed by atoms with Gasteiger partial charge in [0.15, 0.2) is 0 Å². The minimum absolute atomic E-state index is 0.131. The highest BCUT2D eigenvalue weighted by Crippen LogP contribution is 2.56. The Balaban J connectivity index is 4.49. The first-order chi connectivity index (χ1) is 8.61. The van der Waals surface area contributed by atoms with Crippen molar-refractivity contribution in [2.45, 2.75) is 19.8 Å².